The van der Waals surface area contributed by atoms with Gasteiger partial charge in [0.15, 0.2) is 5.76 Å². The fraction of sp³-hybridized carbons (Fsp3) is 0.143. The number of amides is 1. The molecule has 8 heteroatoms. The minimum atomic E-state index is -0.780. The Labute approximate surface area is 124 Å². The fourth-order valence-corrected chi connectivity index (χ4v) is 2.03. The van der Waals surface area contributed by atoms with E-state index >= 15 is 0 Å². The van der Waals surface area contributed by atoms with Crippen LogP contribution in [0.15, 0.2) is 52.2 Å². The molecule has 3 rings (SSSR count). The van der Waals surface area contributed by atoms with Gasteiger partial charge in [0.2, 0.25) is 11.8 Å². The van der Waals surface area contributed by atoms with Crippen LogP contribution < -0.4 is 0 Å². The molecule has 0 aliphatic carbocycles. The van der Waals surface area contributed by atoms with Gasteiger partial charge in [0.05, 0.1) is 11.2 Å². The highest BCUT2D eigenvalue weighted by Crippen LogP contribution is 2.30. The number of nitrogens with zero attached hydrogens (tertiary/aromatic N) is 3. The zero-order valence-corrected chi connectivity index (χ0v) is 11.5. The molecule has 1 aliphatic rings. The molecule has 22 heavy (non-hydrogen) atoms. The van der Waals surface area contributed by atoms with E-state index in [1.54, 1.807) is 12.1 Å². The maximum atomic E-state index is 11.7. The first-order valence-corrected chi connectivity index (χ1v) is 6.39. The van der Waals surface area contributed by atoms with Gasteiger partial charge >= 0.3 is 0 Å². The summed E-state index contributed by atoms with van der Waals surface area (Å²) in [5.74, 6) is 0.334. The van der Waals surface area contributed by atoms with Crippen LogP contribution in [0.1, 0.15) is 24.5 Å². The Bertz CT molecular complexity index is 736. The molecule has 0 spiro atoms. The number of non-ortho nitro benzene ring substituents is 1. The molecular formula is C14H11N3O5. The van der Waals surface area contributed by atoms with Crippen LogP contribution in [0.3, 0.4) is 0 Å². The van der Waals surface area contributed by atoms with Crippen molar-refractivity contribution >= 4 is 17.5 Å². The average molecular weight is 301 g/mol. The van der Waals surface area contributed by atoms with Crippen molar-refractivity contribution in [1.82, 2.24) is 5.01 Å². The number of nitro benzene ring substituents is 1. The lowest BCUT2D eigenvalue weighted by atomic mass is 10.2. The summed E-state index contributed by atoms with van der Waals surface area (Å²) in [7, 11) is 0. The Kier molecular flexibility index (Phi) is 3.34. The number of furan rings is 1. The van der Waals surface area contributed by atoms with Crippen LogP contribution in [0.4, 0.5) is 5.69 Å². The Morgan fingerprint density at radius 2 is 2.05 bits per heavy atom. The summed E-state index contributed by atoms with van der Waals surface area (Å²) < 4.78 is 10.9. The molecule has 1 amide bonds. The molecule has 112 valence electrons. The van der Waals surface area contributed by atoms with Crippen molar-refractivity contribution in [2.75, 3.05) is 0 Å². The van der Waals surface area contributed by atoms with Crippen LogP contribution in [0.2, 0.25) is 0 Å². The van der Waals surface area contributed by atoms with Gasteiger partial charge < -0.3 is 9.15 Å². The van der Waals surface area contributed by atoms with Crippen LogP contribution in [-0.2, 0) is 9.53 Å². The molecule has 0 saturated carbocycles. The molecule has 1 unspecified atom stereocenters. The van der Waals surface area contributed by atoms with Crippen molar-refractivity contribution in [2.45, 2.75) is 13.2 Å². The Hall–Kier alpha value is -3.16. The molecule has 8 nitrogen and oxygen atoms in total. The van der Waals surface area contributed by atoms with Crippen molar-refractivity contribution in [2.24, 2.45) is 5.10 Å². The lowest BCUT2D eigenvalue weighted by Crippen LogP contribution is -2.24. The second-order valence-corrected chi connectivity index (χ2v) is 4.56. The standard InChI is InChI=1S/C14H11N3O5/c1-9(18)16-14(12-3-2-8-21-12)22-13(15-16)10-4-6-11(7-5-10)17(19)20/h2-8,14H,1H3. The van der Waals surface area contributed by atoms with Crippen LogP contribution in [0.5, 0.6) is 0 Å². The molecule has 0 radical (unpaired) electrons. The lowest BCUT2D eigenvalue weighted by Gasteiger charge is -2.16. The van der Waals surface area contributed by atoms with Crippen LogP contribution in [0, 0.1) is 10.1 Å². The Morgan fingerprint density at radius 3 is 2.59 bits per heavy atom. The SMILES string of the molecule is CC(=O)N1N=C(c2ccc([N+](=O)[O-])cc2)OC1c1ccco1. The van der Waals surface area contributed by atoms with Crippen molar-refractivity contribution in [3.05, 3.63) is 64.1 Å². The summed E-state index contributed by atoms with van der Waals surface area (Å²) in [6.07, 6.45) is 0.693. The molecule has 0 saturated heterocycles. The Morgan fingerprint density at radius 1 is 1.32 bits per heavy atom. The quantitative estimate of drug-likeness (QED) is 0.640. The predicted molar refractivity (Wildman–Crippen MR) is 74.7 cm³/mol. The van der Waals surface area contributed by atoms with E-state index in [-0.39, 0.29) is 17.5 Å². The number of rotatable bonds is 3. The molecule has 2 aromatic rings. The van der Waals surface area contributed by atoms with Crippen molar-refractivity contribution in [3.63, 3.8) is 0 Å². The third kappa shape index (κ3) is 2.41. The maximum absolute atomic E-state index is 11.7. The van der Waals surface area contributed by atoms with E-state index in [2.05, 4.69) is 5.10 Å². The van der Waals surface area contributed by atoms with Gasteiger partial charge in [-0.3, -0.25) is 14.9 Å². The minimum Gasteiger partial charge on any atom is -0.463 e. The highest BCUT2D eigenvalue weighted by Gasteiger charge is 2.34. The second kappa shape index (κ2) is 5.32. The first-order valence-electron chi connectivity index (χ1n) is 6.39. The van der Waals surface area contributed by atoms with E-state index in [1.807, 2.05) is 0 Å². The molecule has 1 aromatic carbocycles. The molecule has 1 aliphatic heterocycles. The summed E-state index contributed by atoms with van der Waals surface area (Å²) in [5, 5.41) is 15.9. The molecule has 2 heterocycles. The topological polar surface area (TPSA) is 98.2 Å². The minimum absolute atomic E-state index is 0.0339. The highest BCUT2D eigenvalue weighted by atomic mass is 16.6. The summed E-state index contributed by atoms with van der Waals surface area (Å²) in [4.78, 5) is 21.8. The summed E-state index contributed by atoms with van der Waals surface area (Å²) in [5.41, 5.74) is 0.499. The molecule has 0 fully saturated rings. The summed E-state index contributed by atoms with van der Waals surface area (Å²) in [6, 6.07) is 9.08. The smallest absolute Gasteiger partial charge is 0.269 e. The maximum Gasteiger partial charge on any atom is 0.269 e. The van der Waals surface area contributed by atoms with E-state index in [9.17, 15) is 14.9 Å². The number of carbonyl (C=O) groups excluding carboxylic acids is 1. The molecular weight excluding hydrogens is 290 g/mol. The third-order valence-corrected chi connectivity index (χ3v) is 3.08. The van der Waals surface area contributed by atoms with Crippen LogP contribution in [0.25, 0.3) is 0 Å². The largest absolute Gasteiger partial charge is 0.463 e. The number of hydrogen-bond donors (Lipinski definition) is 0. The van der Waals surface area contributed by atoms with E-state index in [0.29, 0.717) is 11.3 Å². The van der Waals surface area contributed by atoms with Gasteiger partial charge in [0.1, 0.15) is 0 Å². The van der Waals surface area contributed by atoms with Gasteiger partial charge in [-0.15, -0.1) is 5.10 Å². The first-order chi connectivity index (χ1) is 10.6. The number of benzene rings is 1. The van der Waals surface area contributed by atoms with E-state index in [4.69, 9.17) is 9.15 Å². The number of carbonyl (C=O) groups is 1. The van der Waals surface area contributed by atoms with Crippen molar-refractivity contribution in [3.8, 4) is 0 Å². The fourth-order valence-electron chi connectivity index (χ4n) is 2.03. The molecule has 0 N–H and O–H groups in total. The van der Waals surface area contributed by atoms with Gasteiger partial charge in [-0.25, -0.2) is 0 Å². The predicted octanol–water partition coefficient (Wildman–Crippen LogP) is 2.43. The molecule has 1 aromatic heterocycles. The second-order valence-electron chi connectivity index (χ2n) is 4.56. The van der Waals surface area contributed by atoms with E-state index in [0.717, 1.165) is 5.01 Å². The van der Waals surface area contributed by atoms with Crippen LogP contribution in [-0.4, -0.2) is 21.7 Å². The molecule has 1 atom stereocenters. The lowest BCUT2D eigenvalue weighted by molar-refractivity contribution is -0.384. The summed E-state index contributed by atoms with van der Waals surface area (Å²) >= 11 is 0. The van der Waals surface area contributed by atoms with Crippen molar-refractivity contribution < 1.29 is 18.9 Å². The van der Waals surface area contributed by atoms with Crippen LogP contribution >= 0.6 is 0 Å². The zero-order valence-electron chi connectivity index (χ0n) is 11.5. The van der Waals surface area contributed by atoms with Gasteiger partial charge in [-0.1, -0.05) is 0 Å². The Balaban J connectivity index is 1.90. The normalized spacial score (nSPS) is 17.0. The first kappa shape index (κ1) is 13.8. The highest BCUT2D eigenvalue weighted by molar-refractivity contribution is 5.96. The molecule has 0 bridgehead atoms. The van der Waals surface area contributed by atoms with E-state index in [1.165, 1.54) is 37.5 Å². The van der Waals surface area contributed by atoms with Gasteiger partial charge in [-0.05, 0) is 24.3 Å². The van der Waals surface area contributed by atoms with Gasteiger partial charge in [0.25, 0.3) is 11.9 Å². The van der Waals surface area contributed by atoms with Gasteiger partial charge in [0, 0.05) is 24.6 Å². The van der Waals surface area contributed by atoms with Gasteiger partial charge in [-0.2, -0.15) is 5.01 Å². The van der Waals surface area contributed by atoms with Crippen molar-refractivity contribution in [1.29, 1.82) is 0 Å². The number of ether oxygens (including phenoxy) is 1. The number of nitro groups is 1. The monoisotopic (exact) mass is 301 g/mol. The number of hydrazone groups is 1. The third-order valence-electron chi connectivity index (χ3n) is 3.08. The number of hydrogen-bond acceptors (Lipinski definition) is 6. The van der Waals surface area contributed by atoms with E-state index < -0.39 is 11.2 Å². The summed E-state index contributed by atoms with van der Waals surface area (Å²) in [6.45, 7) is 1.36. The zero-order chi connectivity index (χ0) is 15.7. The average Bonchev–Trinajstić information content (AvgIpc) is 3.16.